The van der Waals surface area contributed by atoms with Crippen LogP contribution in [0.15, 0.2) is 66.9 Å². The van der Waals surface area contributed by atoms with Crippen molar-refractivity contribution in [3.05, 3.63) is 78.0 Å². The van der Waals surface area contributed by atoms with Crippen LogP contribution in [0.3, 0.4) is 0 Å². The van der Waals surface area contributed by atoms with Gasteiger partial charge in [-0.3, -0.25) is 0 Å². The highest BCUT2D eigenvalue weighted by molar-refractivity contribution is 5.85. The van der Waals surface area contributed by atoms with Crippen molar-refractivity contribution in [3.63, 3.8) is 0 Å². The Morgan fingerprint density at radius 3 is 2.70 bits per heavy atom. The highest BCUT2D eigenvalue weighted by atomic mass is 15.0. The summed E-state index contributed by atoms with van der Waals surface area (Å²) in [6.07, 6.45) is 2.01. The van der Waals surface area contributed by atoms with Crippen molar-refractivity contribution in [1.29, 1.82) is 5.26 Å². The lowest BCUT2D eigenvalue weighted by molar-refractivity contribution is 1.11. The van der Waals surface area contributed by atoms with Gasteiger partial charge in [-0.05, 0) is 35.9 Å². The Labute approximate surface area is 133 Å². The molecule has 0 amide bonds. The van der Waals surface area contributed by atoms with Crippen LogP contribution in [0.25, 0.3) is 16.6 Å². The summed E-state index contributed by atoms with van der Waals surface area (Å²) in [5.74, 6) is 0.821. The Kier molecular flexibility index (Phi) is 3.17. The molecule has 0 saturated heterocycles. The highest BCUT2D eigenvalue weighted by Crippen LogP contribution is 2.23. The maximum Gasteiger partial charge on any atom is 0.151 e. The number of nitrogens with zero attached hydrogens (tertiary/aromatic N) is 3. The van der Waals surface area contributed by atoms with Gasteiger partial charge in [-0.25, -0.2) is 4.98 Å². The Morgan fingerprint density at radius 1 is 1.00 bits per heavy atom. The first-order valence-electron chi connectivity index (χ1n) is 7.44. The maximum atomic E-state index is 9.09. The lowest BCUT2D eigenvalue weighted by Gasteiger charge is -2.11. The van der Waals surface area contributed by atoms with Crippen molar-refractivity contribution < 1.29 is 0 Å². The second kappa shape index (κ2) is 5.47. The number of benzene rings is 2. The van der Waals surface area contributed by atoms with Crippen LogP contribution in [0.1, 0.15) is 11.1 Å². The van der Waals surface area contributed by atoms with Gasteiger partial charge in [0.1, 0.15) is 0 Å². The molecule has 2 heterocycles. The summed E-state index contributed by atoms with van der Waals surface area (Å²) in [6, 6.07) is 22.0. The molecule has 0 bridgehead atoms. The van der Waals surface area contributed by atoms with Crippen molar-refractivity contribution >= 4 is 22.4 Å². The largest absolute Gasteiger partial charge is 0.364 e. The van der Waals surface area contributed by atoms with E-state index in [-0.39, 0.29) is 0 Å². The van der Waals surface area contributed by atoms with Gasteiger partial charge in [0.2, 0.25) is 0 Å². The fraction of sp³-hybridized carbons (Fsp3) is 0.0526. The van der Waals surface area contributed by atoms with Crippen molar-refractivity contribution in [3.8, 4) is 6.07 Å². The van der Waals surface area contributed by atoms with Gasteiger partial charge in [0, 0.05) is 12.7 Å². The van der Waals surface area contributed by atoms with E-state index < -0.39 is 0 Å². The molecule has 4 rings (SSSR count). The molecule has 4 aromatic rings. The molecule has 0 aliphatic rings. The van der Waals surface area contributed by atoms with Crippen LogP contribution in [-0.2, 0) is 6.54 Å². The zero-order valence-electron chi connectivity index (χ0n) is 12.4. The third kappa shape index (κ3) is 2.39. The van der Waals surface area contributed by atoms with Crippen molar-refractivity contribution in [2.75, 3.05) is 5.32 Å². The molecular weight excluding hydrogens is 284 g/mol. The van der Waals surface area contributed by atoms with E-state index in [4.69, 9.17) is 10.2 Å². The third-order valence-corrected chi connectivity index (χ3v) is 3.89. The minimum atomic E-state index is 0.616. The van der Waals surface area contributed by atoms with Crippen molar-refractivity contribution in [1.82, 2.24) is 9.38 Å². The Hall–Kier alpha value is -3.32. The van der Waals surface area contributed by atoms with Crippen LogP contribution in [0, 0.1) is 11.3 Å². The Morgan fingerprint density at radius 2 is 1.87 bits per heavy atom. The number of fused-ring (bicyclic) bond motifs is 3. The molecular formula is C19H14N4. The Bertz CT molecular complexity index is 1030. The van der Waals surface area contributed by atoms with Crippen LogP contribution in [0.5, 0.6) is 0 Å². The van der Waals surface area contributed by atoms with E-state index in [0.717, 1.165) is 22.4 Å². The summed E-state index contributed by atoms with van der Waals surface area (Å²) in [4.78, 5) is 4.72. The SMILES string of the molecule is N#Cc1ccc2c(c1)nc(NCc1ccccc1)c1cccn12. The standard InChI is InChI=1S/C19H14N4/c20-12-15-8-9-17-16(11-15)22-19(18-7-4-10-23(17)18)21-13-14-5-2-1-3-6-14/h1-11H,13H2,(H,21,22). The average molecular weight is 298 g/mol. The summed E-state index contributed by atoms with van der Waals surface area (Å²) < 4.78 is 2.09. The van der Waals surface area contributed by atoms with Crippen LogP contribution < -0.4 is 5.32 Å². The minimum absolute atomic E-state index is 0.616. The molecule has 0 spiro atoms. The molecule has 0 atom stereocenters. The van der Waals surface area contributed by atoms with Gasteiger partial charge in [-0.2, -0.15) is 5.26 Å². The number of rotatable bonds is 3. The lowest BCUT2D eigenvalue weighted by Crippen LogP contribution is -2.04. The predicted octanol–water partition coefficient (Wildman–Crippen LogP) is 3.97. The third-order valence-electron chi connectivity index (χ3n) is 3.89. The molecule has 0 radical (unpaired) electrons. The smallest absolute Gasteiger partial charge is 0.151 e. The van der Waals surface area contributed by atoms with E-state index in [1.807, 2.05) is 54.7 Å². The average Bonchev–Trinajstić information content (AvgIpc) is 3.10. The molecule has 0 fully saturated rings. The molecule has 2 aromatic heterocycles. The highest BCUT2D eigenvalue weighted by Gasteiger charge is 2.08. The quantitative estimate of drug-likeness (QED) is 0.622. The number of nitrogens with one attached hydrogen (secondary N) is 1. The van der Waals surface area contributed by atoms with E-state index in [1.165, 1.54) is 5.56 Å². The fourth-order valence-corrected chi connectivity index (χ4v) is 2.76. The second-order valence-electron chi connectivity index (χ2n) is 5.38. The maximum absolute atomic E-state index is 9.09. The summed E-state index contributed by atoms with van der Waals surface area (Å²) >= 11 is 0. The summed E-state index contributed by atoms with van der Waals surface area (Å²) in [6.45, 7) is 0.706. The summed E-state index contributed by atoms with van der Waals surface area (Å²) in [7, 11) is 0. The number of aromatic nitrogens is 2. The predicted molar refractivity (Wildman–Crippen MR) is 91.2 cm³/mol. The fourth-order valence-electron chi connectivity index (χ4n) is 2.76. The zero-order valence-corrected chi connectivity index (χ0v) is 12.4. The number of hydrogen-bond donors (Lipinski definition) is 1. The molecule has 4 heteroatoms. The van der Waals surface area contributed by atoms with E-state index >= 15 is 0 Å². The van der Waals surface area contributed by atoms with E-state index in [0.29, 0.717) is 12.1 Å². The lowest BCUT2D eigenvalue weighted by atomic mass is 10.2. The first kappa shape index (κ1) is 13.4. The van der Waals surface area contributed by atoms with Gasteiger partial charge in [-0.1, -0.05) is 30.3 Å². The second-order valence-corrected chi connectivity index (χ2v) is 5.38. The first-order valence-corrected chi connectivity index (χ1v) is 7.44. The summed E-state index contributed by atoms with van der Waals surface area (Å²) in [5, 5.41) is 12.5. The molecule has 23 heavy (non-hydrogen) atoms. The molecule has 110 valence electrons. The van der Waals surface area contributed by atoms with E-state index in [1.54, 1.807) is 0 Å². The molecule has 0 aliphatic heterocycles. The normalized spacial score (nSPS) is 10.7. The van der Waals surface area contributed by atoms with Gasteiger partial charge in [-0.15, -0.1) is 0 Å². The van der Waals surface area contributed by atoms with E-state index in [2.05, 4.69) is 27.9 Å². The van der Waals surface area contributed by atoms with Crippen molar-refractivity contribution in [2.24, 2.45) is 0 Å². The van der Waals surface area contributed by atoms with Gasteiger partial charge in [0.15, 0.2) is 5.82 Å². The first-order chi connectivity index (χ1) is 11.3. The van der Waals surface area contributed by atoms with Gasteiger partial charge in [0.25, 0.3) is 0 Å². The minimum Gasteiger partial charge on any atom is -0.364 e. The van der Waals surface area contributed by atoms with Gasteiger partial charge >= 0.3 is 0 Å². The molecule has 0 unspecified atom stereocenters. The number of anilines is 1. The van der Waals surface area contributed by atoms with E-state index in [9.17, 15) is 0 Å². The molecule has 0 aliphatic carbocycles. The van der Waals surface area contributed by atoms with Crippen molar-refractivity contribution in [2.45, 2.75) is 6.54 Å². The van der Waals surface area contributed by atoms with Gasteiger partial charge in [0.05, 0.1) is 28.2 Å². The van der Waals surface area contributed by atoms with Crippen LogP contribution in [0.4, 0.5) is 5.82 Å². The topological polar surface area (TPSA) is 53.1 Å². The van der Waals surface area contributed by atoms with Crippen LogP contribution in [-0.4, -0.2) is 9.38 Å². The molecule has 1 N–H and O–H groups in total. The number of hydrogen-bond acceptors (Lipinski definition) is 3. The summed E-state index contributed by atoms with van der Waals surface area (Å²) in [5.41, 5.74) is 4.64. The molecule has 2 aromatic carbocycles. The Balaban J connectivity index is 1.81. The van der Waals surface area contributed by atoms with Gasteiger partial charge < -0.3 is 9.72 Å². The molecule has 4 nitrogen and oxygen atoms in total. The zero-order chi connectivity index (χ0) is 15.6. The number of nitriles is 1. The van der Waals surface area contributed by atoms with Crippen LogP contribution >= 0.6 is 0 Å². The monoisotopic (exact) mass is 298 g/mol. The molecule has 0 saturated carbocycles. The van der Waals surface area contributed by atoms with Crippen LogP contribution in [0.2, 0.25) is 0 Å².